The van der Waals surface area contributed by atoms with Crippen LogP contribution < -0.4 is 0 Å². The molecule has 1 aromatic heterocycles. The first-order valence-corrected chi connectivity index (χ1v) is 7.67. The highest BCUT2D eigenvalue weighted by Gasteiger charge is 2.33. The van der Waals surface area contributed by atoms with Gasteiger partial charge in [0.1, 0.15) is 0 Å². The van der Waals surface area contributed by atoms with Crippen LogP contribution in [0.25, 0.3) is 0 Å². The van der Waals surface area contributed by atoms with Crippen LogP contribution in [0.3, 0.4) is 0 Å². The third-order valence-corrected chi connectivity index (χ3v) is 4.57. The smallest absolute Gasteiger partial charge is 0.0967 e. The Labute approximate surface area is 121 Å². The number of rotatable bonds is 4. The Kier molecular flexibility index (Phi) is 4.05. The summed E-state index contributed by atoms with van der Waals surface area (Å²) in [6.45, 7) is 12.8. The Balaban J connectivity index is 1.40. The first-order valence-electron chi connectivity index (χ1n) is 7.67. The molecule has 0 spiro atoms. The highest BCUT2D eigenvalue weighted by Crippen LogP contribution is 2.19. The van der Waals surface area contributed by atoms with Gasteiger partial charge in [0, 0.05) is 71.1 Å². The van der Waals surface area contributed by atoms with Crippen LogP contribution in [0.2, 0.25) is 0 Å². The van der Waals surface area contributed by atoms with E-state index in [2.05, 4.69) is 38.9 Å². The maximum absolute atomic E-state index is 4.16. The van der Waals surface area contributed by atoms with Crippen LogP contribution in [-0.4, -0.2) is 81.0 Å². The van der Waals surface area contributed by atoms with Crippen molar-refractivity contribution in [2.45, 2.75) is 32.5 Å². The third-order valence-electron chi connectivity index (χ3n) is 4.57. The summed E-state index contributed by atoms with van der Waals surface area (Å²) in [5, 5.41) is 8.14. The molecule has 6 heteroatoms. The molecule has 0 atom stereocenters. The molecule has 0 N–H and O–H groups in total. The van der Waals surface area contributed by atoms with Crippen LogP contribution in [0, 0.1) is 0 Å². The summed E-state index contributed by atoms with van der Waals surface area (Å²) in [5.41, 5.74) is 1.08. The molecule has 3 rings (SSSR count). The average molecular weight is 278 g/mol. The predicted molar refractivity (Wildman–Crippen MR) is 78.4 cm³/mol. The molecule has 3 heterocycles. The lowest BCUT2D eigenvalue weighted by Gasteiger charge is -2.48. The molecule has 2 aliphatic rings. The molecule has 0 bridgehead atoms. The van der Waals surface area contributed by atoms with Crippen molar-refractivity contribution in [3.05, 3.63) is 11.9 Å². The van der Waals surface area contributed by atoms with Gasteiger partial charge in [-0.15, -0.1) is 5.10 Å². The van der Waals surface area contributed by atoms with E-state index < -0.39 is 0 Å². The number of hydrogen-bond donors (Lipinski definition) is 0. The van der Waals surface area contributed by atoms with Gasteiger partial charge >= 0.3 is 0 Å². The fourth-order valence-electron chi connectivity index (χ4n) is 3.22. The molecular weight excluding hydrogens is 252 g/mol. The van der Waals surface area contributed by atoms with Gasteiger partial charge < -0.3 is 0 Å². The molecule has 0 amide bonds. The SMILES string of the molecule is CC(C)N1CCN(C2CN(Cc3cn(C)nn3)C2)CC1. The van der Waals surface area contributed by atoms with Crippen LogP contribution in [0.15, 0.2) is 6.20 Å². The first kappa shape index (κ1) is 14.0. The number of hydrogen-bond acceptors (Lipinski definition) is 5. The van der Waals surface area contributed by atoms with E-state index in [1.807, 2.05) is 13.2 Å². The Morgan fingerprint density at radius 3 is 2.45 bits per heavy atom. The quantitative estimate of drug-likeness (QED) is 0.777. The molecule has 0 unspecified atom stereocenters. The number of piperazine rings is 1. The second kappa shape index (κ2) is 5.79. The summed E-state index contributed by atoms with van der Waals surface area (Å²) >= 11 is 0. The molecular formula is C14H26N6. The highest BCUT2D eigenvalue weighted by atomic mass is 15.4. The zero-order valence-electron chi connectivity index (χ0n) is 12.9. The van der Waals surface area contributed by atoms with Crippen LogP contribution >= 0.6 is 0 Å². The minimum absolute atomic E-state index is 0.687. The molecule has 1 aromatic rings. The van der Waals surface area contributed by atoms with Crippen molar-refractivity contribution in [2.75, 3.05) is 39.3 Å². The Morgan fingerprint density at radius 1 is 1.20 bits per heavy atom. The fourth-order valence-corrected chi connectivity index (χ4v) is 3.22. The lowest BCUT2D eigenvalue weighted by molar-refractivity contribution is -0.00462. The van der Waals surface area contributed by atoms with E-state index >= 15 is 0 Å². The van der Waals surface area contributed by atoms with Crippen LogP contribution in [0.5, 0.6) is 0 Å². The number of likely N-dealkylation sites (tertiary alicyclic amines) is 1. The average Bonchev–Trinajstić information content (AvgIpc) is 2.79. The van der Waals surface area contributed by atoms with Crippen molar-refractivity contribution in [1.29, 1.82) is 0 Å². The van der Waals surface area contributed by atoms with Gasteiger partial charge in [-0.05, 0) is 13.8 Å². The Morgan fingerprint density at radius 2 is 1.90 bits per heavy atom. The van der Waals surface area contributed by atoms with Crippen molar-refractivity contribution < 1.29 is 0 Å². The summed E-state index contributed by atoms with van der Waals surface area (Å²) in [5.74, 6) is 0. The second-order valence-electron chi connectivity index (χ2n) is 6.40. The van der Waals surface area contributed by atoms with Crippen molar-refractivity contribution in [1.82, 2.24) is 29.7 Å². The van der Waals surface area contributed by atoms with Crippen LogP contribution in [-0.2, 0) is 13.6 Å². The van der Waals surface area contributed by atoms with Gasteiger partial charge in [0.05, 0.1) is 5.69 Å². The summed E-state index contributed by atoms with van der Waals surface area (Å²) < 4.78 is 1.78. The van der Waals surface area contributed by atoms with E-state index in [1.165, 1.54) is 39.3 Å². The maximum Gasteiger partial charge on any atom is 0.0967 e. The normalized spacial score (nSPS) is 23.4. The standard InChI is InChI=1S/C14H26N6/c1-12(2)19-4-6-20(7-5-19)14-10-18(11-14)9-13-8-17(3)16-15-13/h8,12,14H,4-7,9-11H2,1-3H3. The van der Waals surface area contributed by atoms with Gasteiger partial charge in [-0.1, -0.05) is 5.21 Å². The monoisotopic (exact) mass is 278 g/mol. The predicted octanol–water partition coefficient (Wildman–Crippen LogP) is 0.0253. The molecule has 20 heavy (non-hydrogen) atoms. The molecule has 2 saturated heterocycles. The largest absolute Gasteiger partial charge is 0.298 e. The summed E-state index contributed by atoms with van der Waals surface area (Å²) in [7, 11) is 1.92. The van der Waals surface area contributed by atoms with Gasteiger partial charge in [-0.2, -0.15) is 0 Å². The van der Waals surface area contributed by atoms with Crippen molar-refractivity contribution in [3.63, 3.8) is 0 Å². The number of aryl methyl sites for hydroxylation is 1. The lowest BCUT2D eigenvalue weighted by atomic mass is 10.1. The van der Waals surface area contributed by atoms with E-state index in [0.717, 1.165) is 18.3 Å². The van der Waals surface area contributed by atoms with Crippen LogP contribution in [0.4, 0.5) is 0 Å². The summed E-state index contributed by atoms with van der Waals surface area (Å²) in [6, 6.07) is 1.44. The molecule has 2 aliphatic heterocycles. The second-order valence-corrected chi connectivity index (χ2v) is 6.40. The van der Waals surface area contributed by atoms with Gasteiger partial charge in [0.2, 0.25) is 0 Å². The van der Waals surface area contributed by atoms with Crippen molar-refractivity contribution in [3.8, 4) is 0 Å². The van der Waals surface area contributed by atoms with Crippen molar-refractivity contribution in [2.24, 2.45) is 7.05 Å². The van der Waals surface area contributed by atoms with Gasteiger partial charge in [-0.25, -0.2) is 0 Å². The van der Waals surface area contributed by atoms with Gasteiger partial charge in [-0.3, -0.25) is 19.4 Å². The minimum atomic E-state index is 0.687. The molecule has 112 valence electrons. The third kappa shape index (κ3) is 3.02. The molecule has 0 radical (unpaired) electrons. The van der Waals surface area contributed by atoms with Crippen LogP contribution in [0.1, 0.15) is 19.5 Å². The van der Waals surface area contributed by atoms with Crippen molar-refractivity contribution >= 4 is 0 Å². The minimum Gasteiger partial charge on any atom is -0.298 e. The molecule has 2 fully saturated rings. The first-order chi connectivity index (χ1) is 9.61. The van der Waals surface area contributed by atoms with E-state index in [1.54, 1.807) is 4.68 Å². The fraction of sp³-hybridized carbons (Fsp3) is 0.857. The van der Waals surface area contributed by atoms with Gasteiger partial charge in [0.15, 0.2) is 0 Å². The molecule has 6 nitrogen and oxygen atoms in total. The number of aromatic nitrogens is 3. The Hall–Kier alpha value is -0.980. The zero-order valence-corrected chi connectivity index (χ0v) is 12.9. The highest BCUT2D eigenvalue weighted by molar-refractivity contribution is 4.97. The Bertz CT molecular complexity index is 429. The molecule has 0 aliphatic carbocycles. The lowest BCUT2D eigenvalue weighted by Crippen LogP contribution is -2.63. The molecule has 0 saturated carbocycles. The van der Waals surface area contributed by atoms with E-state index in [0.29, 0.717) is 6.04 Å². The van der Waals surface area contributed by atoms with E-state index in [-0.39, 0.29) is 0 Å². The van der Waals surface area contributed by atoms with Gasteiger partial charge in [0.25, 0.3) is 0 Å². The zero-order chi connectivity index (χ0) is 14.1. The summed E-state index contributed by atoms with van der Waals surface area (Å²) in [6.07, 6.45) is 2.01. The summed E-state index contributed by atoms with van der Waals surface area (Å²) in [4.78, 5) is 7.70. The topological polar surface area (TPSA) is 40.4 Å². The molecule has 0 aromatic carbocycles. The van der Waals surface area contributed by atoms with E-state index in [4.69, 9.17) is 0 Å². The maximum atomic E-state index is 4.16. The van der Waals surface area contributed by atoms with E-state index in [9.17, 15) is 0 Å². The number of nitrogens with zero attached hydrogens (tertiary/aromatic N) is 6.